The largest absolute Gasteiger partial charge is 0.294 e. The first kappa shape index (κ1) is 13.2. The highest BCUT2D eigenvalue weighted by atomic mass is 16.1. The molecule has 0 bridgehead atoms. The lowest BCUT2D eigenvalue weighted by Crippen LogP contribution is -2.20. The predicted molar refractivity (Wildman–Crippen MR) is 85.0 cm³/mol. The van der Waals surface area contributed by atoms with E-state index in [1.54, 1.807) is 4.52 Å². The van der Waals surface area contributed by atoms with Gasteiger partial charge in [-0.2, -0.15) is 5.10 Å². The van der Waals surface area contributed by atoms with Gasteiger partial charge in [0, 0.05) is 18.2 Å². The zero-order chi connectivity index (χ0) is 15.3. The Morgan fingerprint density at radius 3 is 2.73 bits per heavy atom. The number of aromatic nitrogens is 3. The highest BCUT2D eigenvalue weighted by Crippen LogP contribution is 2.30. The Balaban J connectivity index is 1.99. The topological polar surface area (TPSA) is 47.3 Å². The monoisotopic (exact) mass is 291 g/mol. The first-order chi connectivity index (χ1) is 10.6. The Labute approximate surface area is 128 Å². The number of benzene rings is 1. The molecule has 2 heterocycles. The van der Waals surface area contributed by atoms with Gasteiger partial charge in [0.25, 0.3) is 0 Å². The smallest absolute Gasteiger partial charge is 0.166 e. The van der Waals surface area contributed by atoms with Crippen molar-refractivity contribution >= 4 is 11.4 Å². The molecule has 0 radical (unpaired) electrons. The van der Waals surface area contributed by atoms with Crippen molar-refractivity contribution in [2.75, 3.05) is 0 Å². The van der Waals surface area contributed by atoms with E-state index in [-0.39, 0.29) is 5.78 Å². The van der Waals surface area contributed by atoms with Crippen molar-refractivity contribution in [3.63, 3.8) is 0 Å². The second kappa shape index (κ2) is 4.77. The Morgan fingerprint density at radius 1 is 1.18 bits per heavy atom. The highest BCUT2D eigenvalue weighted by molar-refractivity contribution is 5.98. The summed E-state index contributed by atoms with van der Waals surface area (Å²) in [5.74, 6) is 0.539. The van der Waals surface area contributed by atoms with Gasteiger partial charge in [-0.05, 0) is 24.8 Å². The maximum Gasteiger partial charge on any atom is 0.166 e. The normalized spacial score (nSPS) is 17.7. The summed E-state index contributed by atoms with van der Waals surface area (Å²) in [4.78, 5) is 17.0. The van der Waals surface area contributed by atoms with Gasteiger partial charge in [0.05, 0.1) is 17.0 Å². The Kier molecular flexibility index (Phi) is 2.86. The van der Waals surface area contributed by atoms with E-state index in [0.717, 1.165) is 40.1 Å². The standard InChI is InChI=1S/C18H17N3O/c1-11-8-15-14(16(22)9-11)10-21-18(19-15)17(12(2)20-21)13-6-4-3-5-7-13/h3-7,10-11H,8-9H2,1-2H3. The van der Waals surface area contributed by atoms with Crippen LogP contribution < -0.4 is 0 Å². The number of hydrogen-bond acceptors (Lipinski definition) is 3. The van der Waals surface area contributed by atoms with Gasteiger partial charge in [-0.25, -0.2) is 9.50 Å². The molecular formula is C18H17N3O. The Bertz CT molecular complexity index is 880. The molecule has 4 rings (SSSR count). The molecule has 0 N–H and O–H groups in total. The number of carbonyl (C=O) groups excluding carboxylic acids is 1. The van der Waals surface area contributed by atoms with Gasteiger partial charge < -0.3 is 0 Å². The third-order valence-electron chi connectivity index (χ3n) is 4.30. The first-order valence-corrected chi connectivity index (χ1v) is 7.61. The van der Waals surface area contributed by atoms with Crippen LogP contribution in [0.25, 0.3) is 16.8 Å². The molecule has 4 heteroatoms. The van der Waals surface area contributed by atoms with E-state index in [0.29, 0.717) is 12.3 Å². The third kappa shape index (κ3) is 1.95. The van der Waals surface area contributed by atoms with Gasteiger partial charge in [0.1, 0.15) is 0 Å². The quantitative estimate of drug-likeness (QED) is 0.689. The molecule has 0 fully saturated rings. The van der Waals surface area contributed by atoms with Crippen LogP contribution in [-0.4, -0.2) is 20.4 Å². The van der Waals surface area contributed by atoms with Crippen molar-refractivity contribution < 1.29 is 4.79 Å². The van der Waals surface area contributed by atoms with Crippen LogP contribution in [0.1, 0.15) is 35.1 Å². The van der Waals surface area contributed by atoms with Crippen molar-refractivity contribution in [3.05, 3.63) is 53.5 Å². The lowest BCUT2D eigenvalue weighted by Gasteiger charge is -2.19. The number of fused-ring (bicyclic) bond motifs is 2. The number of ketones is 1. The molecule has 0 spiro atoms. The molecule has 1 aliphatic rings. The van der Waals surface area contributed by atoms with Gasteiger partial charge in [0.15, 0.2) is 11.4 Å². The maximum atomic E-state index is 12.2. The van der Waals surface area contributed by atoms with Gasteiger partial charge in [-0.15, -0.1) is 0 Å². The molecule has 0 saturated carbocycles. The minimum absolute atomic E-state index is 0.178. The van der Waals surface area contributed by atoms with E-state index in [4.69, 9.17) is 4.98 Å². The van der Waals surface area contributed by atoms with E-state index in [2.05, 4.69) is 24.2 Å². The van der Waals surface area contributed by atoms with Gasteiger partial charge in [-0.3, -0.25) is 4.79 Å². The number of rotatable bonds is 1. The summed E-state index contributed by atoms with van der Waals surface area (Å²) < 4.78 is 1.75. The minimum Gasteiger partial charge on any atom is -0.294 e. The van der Waals surface area contributed by atoms with Crippen LogP contribution >= 0.6 is 0 Å². The van der Waals surface area contributed by atoms with Crippen LogP contribution in [0.5, 0.6) is 0 Å². The van der Waals surface area contributed by atoms with Crippen molar-refractivity contribution in [2.45, 2.75) is 26.7 Å². The number of nitrogens with zero attached hydrogens (tertiary/aromatic N) is 3. The molecule has 2 aromatic heterocycles. The number of aryl methyl sites for hydroxylation is 1. The third-order valence-corrected chi connectivity index (χ3v) is 4.30. The summed E-state index contributed by atoms with van der Waals surface area (Å²) >= 11 is 0. The van der Waals surface area contributed by atoms with E-state index >= 15 is 0 Å². The molecular weight excluding hydrogens is 274 g/mol. The molecule has 3 aromatic rings. The number of hydrogen-bond donors (Lipinski definition) is 0. The summed E-state index contributed by atoms with van der Waals surface area (Å²) in [6.07, 6.45) is 3.31. The fraction of sp³-hybridized carbons (Fsp3) is 0.278. The molecule has 1 atom stereocenters. The predicted octanol–water partition coefficient (Wildman–Crippen LogP) is 3.47. The van der Waals surface area contributed by atoms with Crippen LogP contribution in [0.3, 0.4) is 0 Å². The van der Waals surface area contributed by atoms with Crippen LogP contribution in [0.2, 0.25) is 0 Å². The summed E-state index contributed by atoms with van der Waals surface area (Å²) in [5, 5.41) is 4.55. The van der Waals surface area contributed by atoms with E-state index in [1.807, 2.05) is 31.3 Å². The lowest BCUT2D eigenvalue weighted by atomic mass is 9.88. The molecule has 1 unspecified atom stereocenters. The van der Waals surface area contributed by atoms with Crippen molar-refractivity contribution in [2.24, 2.45) is 5.92 Å². The van der Waals surface area contributed by atoms with E-state index in [1.165, 1.54) is 0 Å². The molecule has 0 aliphatic heterocycles. The van der Waals surface area contributed by atoms with E-state index in [9.17, 15) is 4.79 Å². The summed E-state index contributed by atoms with van der Waals surface area (Å²) in [6, 6.07) is 10.2. The van der Waals surface area contributed by atoms with Gasteiger partial charge in [-0.1, -0.05) is 37.3 Å². The molecule has 1 aliphatic carbocycles. The second-order valence-corrected chi connectivity index (χ2v) is 6.13. The highest BCUT2D eigenvalue weighted by Gasteiger charge is 2.25. The average molecular weight is 291 g/mol. The van der Waals surface area contributed by atoms with Gasteiger partial charge >= 0.3 is 0 Å². The van der Waals surface area contributed by atoms with Crippen LogP contribution in [0.15, 0.2) is 36.5 Å². The lowest BCUT2D eigenvalue weighted by molar-refractivity contribution is 0.0951. The summed E-state index contributed by atoms with van der Waals surface area (Å²) in [6.45, 7) is 4.09. The van der Waals surface area contributed by atoms with Crippen LogP contribution in [0.4, 0.5) is 0 Å². The minimum atomic E-state index is 0.178. The molecule has 4 nitrogen and oxygen atoms in total. The van der Waals surface area contributed by atoms with Crippen molar-refractivity contribution in [1.29, 1.82) is 0 Å². The molecule has 22 heavy (non-hydrogen) atoms. The summed E-state index contributed by atoms with van der Waals surface area (Å²) in [7, 11) is 0. The van der Waals surface area contributed by atoms with Crippen LogP contribution in [0, 0.1) is 12.8 Å². The number of Topliss-reactive ketones (excluding diaryl/α,β-unsaturated/α-hetero) is 1. The first-order valence-electron chi connectivity index (χ1n) is 7.61. The average Bonchev–Trinajstić information content (AvgIpc) is 2.81. The van der Waals surface area contributed by atoms with Crippen LogP contribution in [-0.2, 0) is 6.42 Å². The van der Waals surface area contributed by atoms with E-state index < -0.39 is 0 Å². The van der Waals surface area contributed by atoms with Gasteiger partial charge in [0.2, 0.25) is 0 Å². The SMILES string of the molecule is Cc1nn2cc3c(nc2c1-c1ccccc1)CC(C)CC3=O. The van der Waals surface area contributed by atoms with Crippen molar-refractivity contribution in [3.8, 4) is 11.1 Å². The summed E-state index contributed by atoms with van der Waals surface area (Å²) in [5.41, 5.74) is 5.57. The second-order valence-electron chi connectivity index (χ2n) is 6.13. The zero-order valence-electron chi connectivity index (χ0n) is 12.7. The zero-order valence-corrected chi connectivity index (χ0v) is 12.7. The van der Waals surface area contributed by atoms with Crippen molar-refractivity contribution in [1.82, 2.24) is 14.6 Å². The molecule has 110 valence electrons. The molecule has 0 saturated heterocycles. The Morgan fingerprint density at radius 2 is 1.95 bits per heavy atom. The fourth-order valence-corrected chi connectivity index (χ4v) is 3.28. The fourth-order valence-electron chi connectivity index (χ4n) is 3.28. The maximum absolute atomic E-state index is 12.2. The molecule has 1 aromatic carbocycles. The molecule has 0 amide bonds. The number of carbonyl (C=O) groups is 1. The Hall–Kier alpha value is -2.49.